The van der Waals surface area contributed by atoms with Gasteiger partial charge in [-0.25, -0.2) is 14.2 Å². The lowest BCUT2D eigenvalue weighted by Crippen LogP contribution is -2.12. The Balaban J connectivity index is 2.55. The number of nitrogens with two attached hydrogens (primary N) is 1. The molecular weight excluding hydrogens is 291 g/mol. The van der Waals surface area contributed by atoms with Crippen molar-refractivity contribution in [1.29, 1.82) is 5.26 Å². The third-order valence-electron chi connectivity index (χ3n) is 2.68. The molecule has 0 spiro atoms. The number of benzene rings is 1. The second kappa shape index (κ2) is 6.49. The highest BCUT2D eigenvalue weighted by molar-refractivity contribution is 5.95. The molecule has 8 heteroatoms. The Morgan fingerprint density at radius 2 is 2.23 bits per heavy atom. The van der Waals surface area contributed by atoms with Crippen molar-refractivity contribution in [2.45, 2.75) is 0 Å². The van der Waals surface area contributed by atoms with Crippen LogP contribution >= 0.6 is 0 Å². The number of ether oxygens (including phenoxy) is 1. The summed E-state index contributed by atoms with van der Waals surface area (Å²) < 4.78 is 17.2. The third-order valence-corrected chi connectivity index (χ3v) is 2.68. The maximum Gasteiger partial charge on any atom is 0.345 e. The maximum absolute atomic E-state index is 12.3. The number of nitriles is 1. The van der Waals surface area contributed by atoms with Gasteiger partial charge in [-0.1, -0.05) is 12.1 Å². The highest BCUT2D eigenvalue weighted by Crippen LogP contribution is 2.26. The molecule has 1 aromatic heterocycles. The molecule has 3 N–H and O–H groups in total. The fraction of sp³-hybridized carbons (Fsp3) is 0.143. The molecule has 0 saturated carbocycles. The van der Waals surface area contributed by atoms with Crippen LogP contribution in [0.4, 0.5) is 10.2 Å². The van der Waals surface area contributed by atoms with Crippen LogP contribution in [0.5, 0.6) is 5.88 Å². The minimum atomic E-state index is -1.37. The smallest absolute Gasteiger partial charge is 0.345 e. The van der Waals surface area contributed by atoms with Crippen LogP contribution in [0.1, 0.15) is 15.9 Å². The number of rotatable bonds is 5. The lowest BCUT2D eigenvalue weighted by molar-refractivity contribution is 0.0691. The number of aromatic nitrogens is 2. The van der Waals surface area contributed by atoms with Crippen molar-refractivity contribution in [1.82, 2.24) is 9.97 Å². The van der Waals surface area contributed by atoms with E-state index < -0.39 is 18.2 Å². The van der Waals surface area contributed by atoms with Gasteiger partial charge in [-0.2, -0.15) is 10.2 Å². The minimum absolute atomic E-state index is 0.0912. The molecule has 0 aliphatic carbocycles. The van der Waals surface area contributed by atoms with Crippen molar-refractivity contribution in [2.24, 2.45) is 0 Å². The van der Waals surface area contributed by atoms with Crippen LogP contribution < -0.4 is 10.5 Å². The van der Waals surface area contributed by atoms with Crippen LogP contribution in [0.2, 0.25) is 0 Å². The molecule has 0 fully saturated rings. The Kier molecular flexibility index (Phi) is 4.48. The van der Waals surface area contributed by atoms with Crippen molar-refractivity contribution >= 4 is 11.8 Å². The summed E-state index contributed by atoms with van der Waals surface area (Å²) in [7, 11) is 0. The van der Waals surface area contributed by atoms with Gasteiger partial charge in [-0.05, 0) is 12.1 Å². The summed E-state index contributed by atoms with van der Waals surface area (Å²) >= 11 is 0. The second-order valence-electron chi connectivity index (χ2n) is 4.15. The highest BCUT2D eigenvalue weighted by Gasteiger charge is 2.21. The first-order valence-electron chi connectivity index (χ1n) is 6.17. The van der Waals surface area contributed by atoms with Gasteiger partial charge in [0.05, 0.1) is 11.6 Å². The summed E-state index contributed by atoms with van der Waals surface area (Å²) in [6.45, 7) is -1.16. The number of carboxylic acids is 1. The molecule has 0 atom stereocenters. The van der Waals surface area contributed by atoms with Gasteiger partial charge < -0.3 is 15.6 Å². The van der Waals surface area contributed by atoms with Gasteiger partial charge in [0.2, 0.25) is 5.88 Å². The van der Waals surface area contributed by atoms with E-state index in [9.17, 15) is 9.18 Å². The highest BCUT2D eigenvalue weighted by atomic mass is 19.1. The molecule has 0 bridgehead atoms. The molecule has 0 aliphatic heterocycles. The molecule has 1 aromatic carbocycles. The average Bonchev–Trinajstić information content (AvgIpc) is 2.52. The van der Waals surface area contributed by atoms with Crippen molar-refractivity contribution in [3.8, 4) is 23.3 Å². The zero-order valence-electron chi connectivity index (χ0n) is 11.3. The number of anilines is 1. The lowest BCUT2D eigenvalue weighted by atomic mass is 10.1. The largest absolute Gasteiger partial charge is 0.477 e. The molecule has 0 amide bonds. The Labute approximate surface area is 124 Å². The van der Waals surface area contributed by atoms with E-state index in [0.29, 0.717) is 11.1 Å². The molecule has 7 nitrogen and oxygen atoms in total. The summed E-state index contributed by atoms with van der Waals surface area (Å²) in [5.74, 6) is -1.89. The van der Waals surface area contributed by atoms with Crippen LogP contribution in [-0.2, 0) is 0 Å². The molecular formula is C14H11FN4O3. The van der Waals surface area contributed by atoms with Crippen LogP contribution in [0.15, 0.2) is 24.3 Å². The fourth-order valence-electron chi connectivity index (χ4n) is 1.75. The Bertz CT molecular complexity index is 758. The van der Waals surface area contributed by atoms with Crippen LogP contribution in [0.25, 0.3) is 11.4 Å². The fourth-order valence-corrected chi connectivity index (χ4v) is 1.75. The Hall–Kier alpha value is -3.21. The molecule has 2 rings (SSSR count). The van der Waals surface area contributed by atoms with E-state index in [-0.39, 0.29) is 24.1 Å². The van der Waals surface area contributed by atoms with E-state index in [1.807, 2.05) is 6.07 Å². The van der Waals surface area contributed by atoms with E-state index in [1.54, 1.807) is 18.2 Å². The van der Waals surface area contributed by atoms with Gasteiger partial charge in [0.15, 0.2) is 11.4 Å². The third kappa shape index (κ3) is 3.09. The van der Waals surface area contributed by atoms with E-state index in [2.05, 4.69) is 9.97 Å². The monoisotopic (exact) mass is 302 g/mol. The van der Waals surface area contributed by atoms with Crippen molar-refractivity contribution < 1.29 is 19.0 Å². The van der Waals surface area contributed by atoms with Crippen LogP contribution in [-0.4, -0.2) is 34.3 Å². The first kappa shape index (κ1) is 15.2. The van der Waals surface area contributed by atoms with E-state index in [0.717, 1.165) is 0 Å². The molecule has 0 aliphatic rings. The maximum atomic E-state index is 12.3. The topological polar surface area (TPSA) is 122 Å². The molecule has 2 aromatic rings. The Morgan fingerprint density at radius 1 is 1.45 bits per heavy atom. The van der Waals surface area contributed by atoms with Crippen LogP contribution in [0, 0.1) is 11.3 Å². The van der Waals surface area contributed by atoms with Crippen molar-refractivity contribution in [3.05, 3.63) is 35.4 Å². The van der Waals surface area contributed by atoms with E-state index in [1.165, 1.54) is 6.07 Å². The van der Waals surface area contributed by atoms with Crippen molar-refractivity contribution in [3.63, 3.8) is 0 Å². The first-order chi connectivity index (χ1) is 10.6. The number of carbonyl (C=O) groups is 1. The summed E-state index contributed by atoms with van der Waals surface area (Å²) in [6, 6.07) is 8.35. The van der Waals surface area contributed by atoms with Gasteiger partial charge in [-0.15, -0.1) is 0 Å². The van der Waals surface area contributed by atoms with Gasteiger partial charge in [0, 0.05) is 5.56 Å². The van der Waals surface area contributed by atoms with Gasteiger partial charge >= 0.3 is 5.97 Å². The number of hydrogen-bond donors (Lipinski definition) is 2. The van der Waals surface area contributed by atoms with Gasteiger partial charge in [0.25, 0.3) is 0 Å². The predicted molar refractivity (Wildman–Crippen MR) is 75.0 cm³/mol. The molecule has 0 saturated heterocycles. The zero-order chi connectivity index (χ0) is 16.1. The number of halogens is 1. The quantitative estimate of drug-likeness (QED) is 0.860. The number of alkyl halides is 1. The predicted octanol–water partition coefficient (Wildman–Crippen LogP) is 1.64. The molecule has 0 unspecified atom stereocenters. The molecule has 1 heterocycles. The van der Waals surface area contributed by atoms with Crippen LogP contribution in [0.3, 0.4) is 0 Å². The first-order valence-corrected chi connectivity index (χ1v) is 6.17. The van der Waals surface area contributed by atoms with Gasteiger partial charge in [0.1, 0.15) is 19.1 Å². The number of aromatic carboxylic acids is 1. The van der Waals surface area contributed by atoms with E-state index in [4.69, 9.17) is 20.8 Å². The zero-order valence-corrected chi connectivity index (χ0v) is 11.3. The minimum Gasteiger partial charge on any atom is -0.477 e. The normalized spacial score (nSPS) is 10.0. The van der Waals surface area contributed by atoms with E-state index >= 15 is 0 Å². The average molecular weight is 302 g/mol. The number of nitrogen functional groups attached to an aromatic ring is 1. The number of nitrogens with zero attached hydrogens (tertiary/aromatic N) is 3. The molecule has 112 valence electrons. The number of hydrogen-bond acceptors (Lipinski definition) is 6. The SMILES string of the molecule is N#Cc1cccc(-c2nc(N)c(C(=O)O)c(OCCF)n2)c1. The summed E-state index contributed by atoms with van der Waals surface area (Å²) in [5.41, 5.74) is 6.06. The van der Waals surface area contributed by atoms with Crippen molar-refractivity contribution in [2.75, 3.05) is 19.0 Å². The molecule has 22 heavy (non-hydrogen) atoms. The summed E-state index contributed by atoms with van der Waals surface area (Å²) in [4.78, 5) is 19.1. The summed E-state index contributed by atoms with van der Waals surface area (Å²) in [6.07, 6.45) is 0. The lowest BCUT2D eigenvalue weighted by Gasteiger charge is -2.10. The molecule has 0 radical (unpaired) electrons. The summed E-state index contributed by atoms with van der Waals surface area (Å²) in [5, 5.41) is 18.0. The van der Waals surface area contributed by atoms with Gasteiger partial charge in [-0.3, -0.25) is 0 Å². The Morgan fingerprint density at radius 3 is 2.86 bits per heavy atom. The standard InChI is InChI=1S/C14H11FN4O3/c15-4-5-22-13-10(14(20)21)11(17)18-12(19-13)9-3-1-2-8(6-9)7-16/h1-3,6H,4-5H2,(H,20,21)(H2,17,18,19). The second-order valence-corrected chi connectivity index (χ2v) is 4.15. The number of carboxylic acid groups (broad SMARTS) is 1.